The minimum absolute atomic E-state index is 0.125. The second-order valence-corrected chi connectivity index (χ2v) is 6.96. The molecule has 1 N–H and O–H groups in total. The molecule has 1 aliphatic heterocycles. The van der Waals surface area contributed by atoms with Crippen molar-refractivity contribution < 1.29 is 14.6 Å². The van der Waals surface area contributed by atoms with E-state index in [2.05, 4.69) is 15.9 Å². The number of aryl methyl sites for hydroxylation is 2. The number of aliphatic hydroxyl groups excluding tert-OH is 1. The molecule has 1 fully saturated rings. The summed E-state index contributed by atoms with van der Waals surface area (Å²) in [5, 5.41) is 10.7. The number of aliphatic hydroxyl groups is 1. The minimum Gasteiger partial charge on any atom is -0.507 e. The van der Waals surface area contributed by atoms with Gasteiger partial charge in [0.25, 0.3) is 0 Å². The van der Waals surface area contributed by atoms with Gasteiger partial charge in [0.15, 0.2) is 11.4 Å². The zero-order valence-electron chi connectivity index (χ0n) is 12.3. The van der Waals surface area contributed by atoms with Crippen LogP contribution in [0.2, 0.25) is 0 Å². The Hall–Kier alpha value is -1.29. The van der Waals surface area contributed by atoms with Crippen LogP contribution < -0.4 is 0 Å². The predicted molar refractivity (Wildman–Crippen MR) is 85.1 cm³/mol. The van der Waals surface area contributed by atoms with Crippen LogP contribution in [0.4, 0.5) is 0 Å². The molecule has 0 unspecified atom stereocenters. The summed E-state index contributed by atoms with van der Waals surface area (Å²) in [6, 6.07) is 3.97. The van der Waals surface area contributed by atoms with Crippen LogP contribution in [0.25, 0.3) is 5.57 Å². The van der Waals surface area contributed by atoms with E-state index >= 15 is 0 Å². The summed E-state index contributed by atoms with van der Waals surface area (Å²) >= 11 is 3.52. The fourth-order valence-electron chi connectivity index (χ4n) is 3.52. The number of ether oxygens (including phenoxy) is 1. The average molecular weight is 351 g/mol. The molecule has 0 atom stereocenters. The first-order valence-corrected chi connectivity index (χ1v) is 8.18. The van der Waals surface area contributed by atoms with Gasteiger partial charge in [0.05, 0.1) is 0 Å². The summed E-state index contributed by atoms with van der Waals surface area (Å²) in [5.74, 6) is -0.276. The van der Waals surface area contributed by atoms with Gasteiger partial charge in [-0.25, -0.2) is 4.79 Å². The van der Waals surface area contributed by atoms with Crippen molar-refractivity contribution in [2.24, 2.45) is 0 Å². The predicted octanol–water partition coefficient (Wildman–Crippen LogP) is 4.59. The summed E-state index contributed by atoms with van der Waals surface area (Å²) in [7, 11) is 0. The zero-order valence-corrected chi connectivity index (χ0v) is 13.9. The average Bonchev–Trinajstić information content (AvgIpc) is 2.63. The third-order valence-electron chi connectivity index (χ3n) is 4.50. The first-order chi connectivity index (χ1) is 9.94. The Balaban J connectivity index is 2.15. The number of halogens is 1. The van der Waals surface area contributed by atoms with Crippen LogP contribution >= 0.6 is 15.9 Å². The van der Waals surface area contributed by atoms with Crippen LogP contribution in [0, 0.1) is 13.8 Å². The first-order valence-electron chi connectivity index (χ1n) is 7.39. The maximum Gasteiger partial charge on any atom is 0.343 e. The number of hydrogen-bond acceptors (Lipinski definition) is 3. The third-order valence-corrected chi connectivity index (χ3v) is 5.13. The van der Waals surface area contributed by atoms with Gasteiger partial charge in [-0.2, -0.15) is 0 Å². The van der Waals surface area contributed by atoms with Gasteiger partial charge < -0.3 is 9.84 Å². The largest absolute Gasteiger partial charge is 0.507 e. The normalized spacial score (nSPS) is 21.0. The van der Waals surface area contributed by atoms with Gasteiger partial charge in [-0.1, -0.05) is 28.4 Å². The van der Waals surface area contributed by atoms with Crippen molar-refractivity contribution >= 4 is 27.5 Å². The molecule has 0 saturated heterocycles. The summed E-state index contributed by atoms with van der Waals surface area (Å²) in [6.45, 7) is 3.96. The molecule has 2 aliphatic rings. The molecule has 3 rings (SSSR count). The van der Waals surface area contributed by atoms with Gasteiger partial charge in [0, 0.05) is 10.0 Å². The van der Waals surface area contributed by atoms with Crippen molar-refractivity contribution in [3.63, 3.8) is 0 Å². The van der Waals surface area contributed by atoms with Gasteiger partial charge in [-0.15, -0.1) is 0 Å². The van der Waals surface area contributed by atoms with Crippen molar-refractivity contribution in [2.45, 2.75) is 51.6 Å². The highest BCUT2D eigenvalue weighted by atomic mass is 79.9. The smallest absolute Gasteiger partial charge is 0.343 e. The lowest BCUT2D eigenvalue weighted by molar-refractivity contribution is -0.149. The Kier molecular flexibility index (Phi) is 3.60. The fraction of sp³-hybridized carbons (Fsp3) is 0.471. The highest BCUT2D eigenvalue weighted by Gasteiger charge is 2.49. The zero-order chi connectivity index (χ0) is 15.2. The van der Waals surface area contributed by atoms with Gasteiger partial charge in [0.2, 0.25) is 0 Å². The Morgan fingerprint density at radius 1 is 1.19 bits per heavy atom. The number of hydrogen-bond donors (Lipinski definition) is 1. The molecule has 1 aromatic carbocycles. The van der Waals surface area contributed by atoms with Crippen LogP contribution in [0.5, 0.6) is 0 Å². The highest BCUT2D eigenvalue weighted by molar-refractivity contribution is 9.10. The second kappa shape index (κ2) is 5.16. The topological polar surface area (TPSA) is 46.5 Å². The molecule has 1 spiro atoms. The Bertz CT molecular complexity index is 616. The molecular formula is C17H19BrO3. The van der Waals surface area contributed by atoms with Gasteiger partial charge in [-0.05, 0) is 56.7 Å². The fourth-order valence-corrected chi connectivity index (χ4v) is 4.39. The molecule has 112 valence electrons. The number of carbonyl (C=O) groups is 1. The summed E-state index contributed by atoms with van der Waals surface area (Å²) in [5.41, 5.74) is 2.39. The molecule has 0 radical (unpaired) electrons. The van der Waals surface area contributed by atoms with Crippen LogP contribution in [0.15, 0.2) is 22.4 Å². The van der Waals surface area contributed by atoms with E-state index in [0.29, 0.717) is 5.57 Å². The van der Waals surface area contributed by atoms with E-state index in [0.717, 1.165) is 53.3 Å². The highest BCUT2D eigenvalue weighted by Crippen LogP contribution is 2.46. The number of rotatable bonds is 1. The van der Waals surface area contributed by atoms with Gasteiger partial charge >= 0.3 is 5.97 Å². The molecule has 21 heavy (non-hydrogen) atoms. The number of carbonyl (C=O) groups excluding carboxylic acids is 1. The number of esters is 1. The molecule has 1 saturated carbocycles. The summed E-state index contributed by atoms with van der Waals surface area (Å²) < 4.78 is 6.45. The Labute approximate surface area is 133 Å². The molecule has 0 aromatic heterocycles. The van der Waals surface area contributed by atoms with E-state index in [1.165, 1.54) is 0 Å². The molecule has 1 aliphatic carbocycles. The molecule has 0 amide bonds. The lowest BCUT2D eigenvalue weighted by atomic mass is 9.82. The van der Waals surface area contributed by atoms with Gasteiger partial charge in [-0.3, -0.25) is 0 Å². The van der Waals surface area contributed by atoms with E-state index in [-0.39, 0.29) is 5.76 Å². The van der Waals surface area contributed by atoms with Crippen molar-refractivity contribution in [3.05, 3.63) is 39.1 Å². The van der Waals surface area contributed by atoms with E-state index in [9.17, 15) is 9.90 Å². The SMILES string of the molecule is Cc1cc(C)c(C2=C(O)C3(CCCCC3)OC2=O)c(Br)c1. The van der Waals surface area contributed by atoms with Crippen molar-refractivity contribution in [1.29, 1.82) is 0 Å². The van der Waals surface area contributed by atoms with Crippen LogP contribution in [0.1, 0.15) is 48.8 Å². The second-order valence-electron chi connectivity index (χ2n) is 6.11. The monoisotopic (exact) mass is 350 g/mol. The van der Waals surface area contributed by atoms with E-state index in [1.54, 1.807) is 0 Å². The van der Waals surface area contributed by atoms with Crippen LogP contribution in [-0.4, -0.2) is 16.7 Å². The van der Waals surface area contributed by atoms with Crippen molar-refractivity contribution in [3.8, 4) is 0 Å². The van der Waals surface area contributed by atoms with Crippen LogP contribution in [-0.2, 0) is 9.53 Å². The first kappa shape index (κ1) is 14.6. The Morgan fingerprint density at radius 3 is 2.48 bits per heavy atom. The maximum absolute atomic E-state index is 12.4. The van der Waals surface area contributed by atoms with E-state index in [1.807, 2.05) is 26.0 Å². The number of benzene rings is 1. The lowest BCUT2D eigenvalue weighted by Crippen LogP contribution is -2.34. The summed E-state index contributed by atoms with van der Waals surface area (Å²) in [6.07, 6.45) is 4.54. The quantitative estimate of drug-likeness (QED) is 0.753. The molecule has 3 nitrogen and oxygen atoms in total. The standard InChI is InChI=1S/C17H19BrO3/c1-10-8-11(2)13(12(18)9-10)14-15(19)17(21-16(14)20)6-4-3-5-7-17/h8-9,19H,3-7H2,1-2H3. The summed E-state index contributed by atoms with van der Waals surface area (Å²) in [4.78, 5) is 12.4. The van der Waals surface area contributed by atoms with E-state index in [4.69, 9.17) is 4.74 Å². The van der Waals surface area contributed by atoms with Crippen molar-refractivity contribution in [1.82, 2.24) is 0 Å². The van der Waals surface area contributed by atoms with Gasteiger partial charge in [0.1, 0.15) is 5.57 Å². The third kappa shape index (κ3) is 2.30. The molecule has 1 aromatic rings. The molecule has 4 heteroatoms. The van der Waals surface area contributed by atoms with Crippen LogP contribution in [0.3, 0.4) is 0 Å². The Morgan fingerprint density at radius 2 is 1.86 bits per heavy atom. The van der Waals surface area contributed by atoms with Crippen molar-refractivity contribution in [2.75, 3.05) is 0 Å². The molecule has 0 bridgehead atoms. The van der Waals surface area contributed by atoms with E-state index < -0.39 is 11.6 Å². The molecular weight excluding hydrogens is 332 g/mol. The maximum atomic E-state index is 12.4. The molecule has 1 heterocycles. The minimum atomic E-state index is -0.776. The lowest BCUT2D eigenvalue weighted by Gasteiger charge is -2.31.